The number of hydrogen-bond acceptors (Lipinski definition) is 2. The maximum atomic E-state index is 13.5. The summed E-state index contributed by atoms with van der Waals surface area (Å²) in [4.78, 5) is 4.03. The summed E-state index contributed by atoms with van der Waals surface area (Å²) >= 11 is 3.20. The predicted octanol–water partition coefficient (Wildman–Crippen LogP) is 4.37. The quantitative estimate of drug-likeness (QED) is 0.893. The summed E-state index contributed by atoms with van der Waals surface area (Å²) in [6.07, 6.45) is 9.50. The highest BCUT2D eigenvalue weighted by Gasteiger charge is 2.13. The number of aromatic nitrogens is 1. The van der Waals surface area contributed by atoms with Gasteiger partial charge in [-0.3, -0.25) is 0 Å². The molecule has 0 atom stereocenters. The molecule has 2 nitrogen and oxygen atoms in total. The van der Waals surface area contributed by atoms with E-state index < -0.39 is 0 Å². The Kier molecular flexibility index (Phi) is 4.77. The Balaban J connectivity index is 1.77. The van der Waals surface area contributed by atoms with Crippen LogP contribution in [0, 0.1) is 11.7 Å². The van der Waals surface area contributed by atoms with Crippen LogP contribution in [0.1, 0.15) is 38.5 Å². The fourth-order valence-corrected chi connectivity index (χ4v) is 2.72. The lowest BCUT2D eigenvalue weighted by atomic mass is 9.87. The van der Waals surface area contributed by atoms with Crippen molar-refractivity contribution in [1.29, 1.82) is 0 Å². The molecule has 1 N–H and O–H groups in total. The molecule has 17 heavy (non-hydrogen) atoms. The minimum absolute atomic E-state index is 0.289. The summed E-state index contributed by atoms with van der Waals surface area (Å²) in [7, 11) is 0. The molecule has 1 aliphatic carbocycles. The summed E-state index contributed by atoms with van der Waals surface area (Å²) in [6, 6.07) is 1.44. The molecule has 0 unspecified atom stereocenters. The van der Waals surface area contributed by atoms with Crippen LogP contribution in [0.4, 0.5) is 10.2 Å². The van der Waals surface area contributed by atoms with E-state index in [1.807, 2.05) is 0 Å². The Bertz CT molecular complexity index is 364. The van der Waals surface area contributed by atoms with Gasteiger partial charge in [0, 0.05) is 17.2 Å². The second-order valence-corrected chi connectivity index (χ2v) is 5.62. The van der Waals surface area contributed by atoms with Gasteiger partial charge in [0.25, 0.3) is 0 Å². The SMILES string of the molecule is Fc1cc(Br)cnc1NCCC1CCCCC1. The number of nitrogens with zero attached hydrogens (tertiary/aromatic N) is 1. The normalized spacial score (nSPS) is 17.1. The Morgan fingerprint density at radius 3 is 2.82 bits per heavy atom. The average molecular weight is 301 g/mol. The van der Waals surface area contributed by atoms with E-state index in [9.17, 15) is 4.39 Å². The Morgan fingerprint density at radius 1 is 1.35 bits per heavy atom. The van der Waals surface area contributed by atoms with Crippen LogP contribution < -0.4 is 5.32 Å². The fraction of sp³-hybridized carbons (Fsp3) is 0.615. The lowest BCUT2D eigenvalue weighted by Crippen LogP contribution is -2.13. The Morgan fingerprint density at radius 2 is 2.12 bits per heavy atom. The first-order valence-corrected chi connectivity index (χ1v) is 7.10. The molecule has 0 amide bonds. The molecule has 0 radical (unpaired) electrons. The highest BCUT2D eigenvalue weighted by Crippen LogP contribution is 2.26. The summed E-state index contributed by atoms with van der Waals surface area (Å²) in [5, 5.41) is 3.08. The van der Waals surface area contributed by atoms with Crippen LogP contribution in [-0.4, -0.2) is 11.5 Å². The topological polar surface area (TPSA) is 24.9 Å². The number of rotatable bonds is 4. The zero-order valence-corrected chi connectivity index (χ0v) is 11.5. The first-order valence-electron chi connectivity index (χ1n) is 6.30. The monoisotopic (exact) mass is 300 g/mol. The van der Waals surface area contributed by atoms with Crippen molar-refractivity contribution in [1.82, 2.24) is 4.98 Å². The molecular weight excluding hydrogens is 283 g/mol. The van der Waals surface area contributed by atoms with E-state index in [-0.39, 0.29) is 5.82 Å². The molecule has 1 aliphatic rings. The van der Waals surface area contributed by atoms with Crippen molar-refractivity contribution in [3.8, 4) is 0 Å². The second-order valence-electron chi connectivity index (χ2n) is 4.70. The molecule has 0 saturated heterocycles. The third-order valence-corrected chi connectivity index (χ3v) is 3.81. The molecule has 1 saturated carbocycles. The van der Waals surface area contributed by atoms with Gasteiger partial charge in [0.1, 0.15) is 0 Å². The van der Waals surface area contributed by atoms with E-state index in [0.717, 1.165) is 18.9 Å². The van der Waals surface area contributed by atoms with Gasteiger partial charge in [-0.05, 0) is 34.3 Å². The minimum atomic E-state index is -0.289. The molecule has 1 heterocycles. The molecule has 0 aliphatic heterocycles. The van der Waals surface area contributed by atoms with Crippen molar-refractivity contribution < 1.29 is 4.39 Å². The van der Waals surface area contributed by atoms with Gasteiger partial charge >= 0.3 is 0 Å². The van der Waals surface area contributed by atoms with E-state index in [4.69, 9.17) is 0 Å². The van der Waals surface area contributed by atoms with Crippen LogP contribution in [0.25, 0.3) is 0 Å². The summed E-state index contributed by atoms with van der Waals surface area (Å²) in [5.41, 5.74) is 0. The molecule has 94 valence electrons. The van der Waals surface area contributed by atoms with Crippen LogP contribution >= 0.6 is 15.9 Å². The molecule has 0 spiro atoms. The van der Waals surface area contributed by atoms with Gasteiger partial charge in [-0.1, -0.05) is 32.1 Å². The molecule has 1 aromatic heterocycles. The molecular formula is C13H18BrFN2. The molecule has 1 fully saturated rings. The number of nitrogens with one attached hydrogen (secondary N) is 1. The van der Waals surface area contributed by atoms with Gasteiger partial charge in [0.15, 0.2) is 11.6 Å². The van der Waals surface area contributed by atoms with Crippen molar-refractivity contribution in [3.05, 3.63) is 22.6 Å². The van der Waals surface area contributed by atoms with Crippen LogP contribution in [0.15, 0.2) is 16.7 Å². The highest BCUT2D eigenvalue weighted by molar-refractivity contribution is 9.10. The first-order chi connectivity index (χ1) is 8.25. The van der Waals surface area contributed by atoms with Gasteiger partial charge in [-0.2, -0.15) is 0 Å². The van der Waals surface area contributed by atoms with Crippen LogP contribution in [0.3, 0.4) is 0 Å². The molecule has 4 heteroatoms. The van der Waals surface area contributed by atoms with E-state index in [0.29, 0.717) is 10.3 Å². The third kappa shape index (κ3) is 3.95. The van der Waals surface area contributed by atoms with Crippen molar-refractivity contribution in [3.63, 3.8) is 0 Å². The lowest BCUT2D eigenvalue weighted by Gasteiger charge is -2.21. The summed E-state index contributed by atoms with van der Waals surface area (Å²) in [6.45, 7) is 0.816. The smallest absolute Gasteiger partial charge is 0.166 e. The van der Waals surface area contributed by atoms with E-state index in [2.05, 4.69) is 26.2 Å². The maximum absolute atomic E-state index is 13.5. The summed E-state index contributed by atoms with van der Waals surface area (Å²) in [5.74, 6) is 0.891. The zero-order valence-electron chi connectivity index (χ0n) is 9.88. The van der Waals surface area contributed by atoms with Crippen molar-refractivity contribution in [2.45, 2.75) is 38.5 Å². The number of halogens is 2. The van der Waals surface area contributed by atoms with Gasteiger partial charge in [-0.15, -0.1) is 0 Å². The minimum Gasteiger partial charge on any atom is -0.368 e. The lowest BCUT2D eigenvalue weighted by molar-refractivity contribution is 0.345. The standard InChI is InChI=1S/C13H18BrFN2/c14-11-8-12(15)13(17-9-11)16-7-6-10-4-2-1-3-5-10/h8-10H,1-7H2,(H,16,17). The second kappa shape index (κ2) is 6.34. The molecule has 2 rings (SSSR count). The van der Waals surface area contributed by atoms with Crippen molar-refractivity contribution in [2.75, 3.05) is 11.9 Å². The van der Waals surface area contributed by atoms with Gasteiger partial charge in [-0.25, -0.2) is 9.37 Å². The molecule has 1 aromatic rings. The highest BCUT2D eigenvalue weighted by atomic mass is 79.9. The molecule has 0 aromatic carbocycles. The maximum Gasteiger partial charge on any atom is 0.166 e. The first kappa shape index (κ1) is 12.8. The van der Waals surface area contributed by atoms with Crippen molar-refractivity contribution in [2.24, 2.45) is 5.92 Å². The fourth-order valence-electron chi connectivity index (χ4n) is 2.42. The molecule has 0 bridgehead atoms. The Hall–Kier alpha value is -0.640. The van der Waals surface area contributed by atoms with Gasteiger partial charge < -0.3 is 5.32 Å². The third-order valence-electron chi connectivity index (χ3n) is 3.38. The van der Waals surface area contributed by atoms with Gasteiger partial charge in [0.05, 0.1) is 0 Å². The number of pyridine rings is 1. The number of hydrogen-bond donors (Lipinski definition) is 1. The van der Waals surface area contributed by atoms with Crippen LogP contribution in [0.2, 0.25) is 0 Å². The zero-order chi connectivity index (χ0) is 12.1. The Labute approximate surface area is 110 Å². The van der Waals surface area contributed by atoms with Crippen molar-refractivity contribution >= 4 is 21.7 Å². The van der Waals surface area contributed by atoms with E-state index >= 15 is 0 Å². The largest absolute Gasteiger partial charge is 0.368 e. The van der Waals surface area contributed by atoms with Gasteiger partial charge in [0.2, 0.25) is 0 Å². The average Bonchev–Trinajstić information content (AvgIpc) is 2.33. The van der Waals surface area contributed by atoms with E-state index in [1.165, 1.54) is 38.2 Å². The van der Waals surface area contributed by atoms with E-state index in [1.54, 1.807) is 6.20 Å². The van der Waals surface area contributed by atoms with Crippen LogP contribution in [-0.2, 0) is 0 Å². The number of anilines is 1. The predicted molar refractivity (Wildman–Crippen MR) is 71.6 cm³/mol. The van der Waals surface area contributed by atoms with Crippen LogP contribution in [0.5, 0.6) is 0 Å². The summed E-state index contributed by atoms with van der Waals surface area (Å²) < 4.78 is 14.1.